The number of rotatable bonds is 4. The largest absolute Gasteiger partial charge is 0.478 e. The normalized spacial score (nSPS) is 11.4. The first-order chi connectivity index (χ1) is 9.70. The van der Waals surface area contributed by atoms with Gasteiger partial charge in [-0.1, -0.05) is 0 Å². The van der Waals surface area contributed by atoms with Crippen molar-refractivity contribution in [1.82, 2.24) is 9.55 Å². The van der Waals surface area contributed by atoms with E-state index < -0.39 is 38.9 Å². The summed E-state index contributed by atoms with van der Waals surface area (Å²) in [6.07, 6.45) is 2.39. The lowest BCUT2D eigenvalue weighted by atomic mass is 10.2. The van der Waals surface area contributed by atoms with Gasteiger partial charge in [-0.05, 0) is 6.07 Å². The van der Waals surface area contributed by atoms with E-state index in [-0.39, 0.29) is 5.03 Å². The number of carboxylic acids is 1. The van der Waals surface area contributed by atoms with Gasteiger partial charge in [0.15, 0.2) is 5.03 Å². The Morgan fingerprint density at radius 3 is 2.52 bits per heavy atom. The summed E-state index contributed by atoms with van der Waals surface area (Å²) in [5, 5.41) is 8.36. The zero-order valence-corrected chi connectivity index (χ0v) is 11.4. The molecule has 10 heteroatoms. The maximum absolute atomic E-state index is 13.6. The van der Waals surface area contributed by atoms with Crippen molar-refractivity contribution in [3.05, 3.63) is 41.9 Å². The molecule has 1 aromatic carbocycles. The number of aromatic nitrogens is 2. The molecule has 0 bridgehead atoms. The third-order valence-electron chi connectivity index (χ3n) is 2.49. The van der Waals surface area contributed by atoms with Gasteiger partial charge in [0.1, 0.15) is 11.6 Å². The molecule has 0 fully saturated rings. The van der Waals surface area contributed by atoms with E-state index in [1.54, 1.807) is 0 Å². The van der Waals surface area contributed by atoms with Crippen molar-refractivity contribution >= 4 is 21.7 Å². The number of nitrogens with zero attached hydrogens (tertiary/aromatic N) is 2. The van der Waals surface area contributed by atoms with Crippen molar-refractivity contribution in [2.24, 2.45) is 7.05 Å². The summed E-state index contributed by atoms with van der Waals surface area (Å²) in [4.78, 5) is 14.4. The third kappa shape index (κ3) is 2.99. The van der Waals surface area contributed by atoms with Crippen molar-refractivity contribution in [3.8, 4) is 0 Å². The highest BCUT2D eigenvalue weighted by Crippen LogP contribution is 2.22. The van der Waals surface area contributed by atoms with E-state index in [2.05, 4.69) is 4.98 Å². The number of anilines is 1. The minimum atomic E-state index is -4.21. The Kier molecular flexibility index (Phi) is 3.64. The molecule has 0 atom stereocenters. The predicted octanol–water partition coefficient (Wildman–Crippen LogP) is 1.20. The number of aromatic carboxylic acids is 1. The fourth-order valence-electron chi connectivity index (χ4n) is 1.52. The summed E-state index contributed by atoms with van der Waals surface area (Å²) in [6.45, 7) is 0. The first-order valence-corrected chi connectivity index (χ1v) is 6.92. The maximum atomic E-state index is 13.6. The molecular weight excluding hydrogens is 308 g/mol. The quantitative estimate of drug-likeness (QED) is 0.882. The van der Waals surface area contributed by atoms with E-state index in [4.69, 9.17) is 5.11 Å². The first kappa shape index (κ1) is 14.9. The molecule has 0 aliphatic rings. The molecule has 0 spiro atoms. The molecule has 0 saturated carbocycles. The molecule has 0 saturated heterocycles. The molecule has 0 unspecified atom stereocenters. The van der Waals surface area contributed by atoms with Crippen molar-refractivity contribution in [1.29, 1.82) is 0 Å². The minimum Gasteiger partial charge on any atom is -0.478 e. The average molecular weight is 317 g/mol. The van der Waals surface area contributed by atoms with Crippen LogP contribution in [0.15, 0.2) is 29.7 Å². The lowest BCUT2D eigenvalue weighted by Gasteiger charge is -2.08. The van der Waals surface area contributed by atoms with Gasteiger partial charge >= 0.3 is 5.97 Å². The number of carboxylic acid groups (broad SMARTS) is 1. The predicted molar refractivity (Wildman–Crippen MR) is 67.3 cm³/mol. The minimum absolute atomic E-state index is 0.291. The Labute approximate surface area is 117 Å². The van der Waals surface area contributed by atoms with Gasteiger partial charge in [0.05, 0.1) is 17.6 Å². The maximum Gasteiger partial charge on any atom is 0.338 e. The number of aryl methyl sites for hydroxylation is 1. The Morgan fingerprint density at radius 1 is 1.33 bits per heavy atom. The summed E-state index contributed by atoms with van der Waals surface area (Å²) >= 11 is 0. The summed E-state index contributed by atoms with van der Waals surface area (Å²) in [5.74, 6) is -4.19. The zero-order valence-electron chi connectivity index (χ0n) is 10.5. The van der Waals surface area contributed by atoms with Crippen molar-refractivity contribution in [3.63, 3.8) is 0 Å². The van der Waals surface area contributed by atoms with Crippen LogP contribution < -0.4 is 4.72 Å². The number of nitrogens with one attached hydrogen (secondary N) is 1. The molecule has 1 heterocycles. The lowest BCUT2D eigenvalue weighted by Crippen LogP contribution is -2.15. The fourth-order valence-corrected chi connectivity index (χ4v) is 2.56. The van der Waals surface area contributed by atoms with E-state index in [9.17, 15) is 22.0 Å². The molecule has 2 rings (SSSR count). The Hall–Kier alpha value is -2.49. The summed E-state index contributed by atoms with van der Waals surface area (Å²) in [5.41, 5.74) is -1.53. The van der Waals surface area contributed by atoms with E-state index in [0.717, 1.165) is 0 Å². The van der Waals surface area contributed by atoms with Gasteiger partial charge in [-0.15, -0.1) is 0 Å². The van der Waals surface area contributed by atoms with Crippen LogP contribution in [0.2, 0.25) is 0 Å². The van der Waals surface area contributed by atoms with Crippen LogP contribution in [0, 0.1) is 11.6 Å². The van der Waals surface area contributed by atoms with Crippen molar-refractivity contribution in [2.45, 2.75) is 5.03 Å². The van der Waals surface area contributed by atoms with E-state index in [1.807, 2.05) is 4.72 Å². The van der Waals surface area contributed by atoms with Gasteiger partial charge in [0.2, 0.25) is 0 Å². The third-order valence-corrected chi connectivity index (χ3v) is 3.74. The topological polar surface area (TPSA) is 101 Å². The molecule has 0 aliphatic carbocycles. The molecule has 21 heavy (non-hydrogen) atoms. The van der Waals surface area contributed by atoms with Crippen LogP contribution in [-0.2, 0) is 17.1 Å². The molecule has 0 radical (unpaired) electrons. The van der Waals surface area contributed by atoms with Crippen LogP contribution in [0.3, 0.4) is 0 Å². The molecule has 0 amide bonds. The van der Waals surface area contributed by atoms with Gasteiger partial charge in [0.25, 0.3) is 10.0 Å². The van der Waals surface area contributed by atoms with Crippen LogP contribution in [0.5, 0.6) is 0 Å². The molecule has 2 aromatic rings. The number of sulfonamides is 1. The highest BCUT2D eigenvalue weighted by Gasteiger charge is 2.22. The Bertz CT molecular complexity index is 817. The summed E-state index contributed by atoms with van der Waals surface area (Å²) in [6, 6.07) is 0.854. The van der Waals surface area contributed by atoms with Crippen LogP contribution in [0.25, 0.3) is 0 Å². The number of benzene rings is 1. The highest BCUT2D eigenvalue weighted by atomic mass is 32.2. The molecular formula is C11H9F2N3O4S. The number of hydrogen-bond donors (Lipinski definition) is 2. The standard InChI is InChI=1S/C11H9F2N3O4S/c1-16-4-10(14-5-16)21(19,20)15-9-2-6(11(17)18)7(12)3-8(9)13/h2-5,15H,1H3,(H,17,18). The first-order valence-electron chi connectivity index (χ1n) is 5.44. The van der Waals surface area contributed by atoms with Crippen LogP contribution in [0.1, 0.15) is 10.4 Å². The second-order valence-electron chi connectivity index (χ2n) is 4.10. The van der Waals surface area contributed by atoms with Gasteiger partial charge in [-0.2, -0.15) is 8.42 Å². The number of imidazole rings is 1. The zero-order chi connectivity index (χ0) is 15.8. The molecule has 7 nitrogen and oxygen atoms in total. The van der Waals surface area contributed by atoms with Gasteiger partial charge < -0.3 is 9.67 Å². The van der Waals surface area contributed by atoms with Crippen molar-refractivity contribution < 1.29 is 27.1 Å². The molecule has 0 aliphatic heterocycles. The monoisotopic (exact) mass is 317 g/mol. The van der Waals surface area contributed by atoms with E-state index >= 15 is 0 Å². The van der Waals surface area contributed by atoms with Crippen LogP contribution in [0.4, 0.5) is 14.5 Å². The number of carbonyl (C=O) groups is 1. The Balaban J connectivity index is 2.44. The number of hydrogen-bond acceptors (Lipinski definition) is 4. The SMILES string of the molecule is Cn1cnc(S(=O)(=O)Nc2cc(C(=O)O)c(F)cc2F)c1. The van der Waals surface area contributed by atoms with Gasteiger partial charge in [-0.3, -0.25) is 4.72 Å². The van der Waals surface area contributed by atoms with E-state index in [1.165, 1.54) is 24.1 Å². The van der Waals surface area contributed by atoms with Crippen LogP contribution >= 0.6 is 0 Å². The molecule has 2 N–H and O–H groups in total. The molecule has 112 valence electrons. The Morgan fingerprint density at radius 2 is 2.00 bits per heavy atom. The highest BCUT2D eigenvalue weighted by molar-refractivity contribution is 7.92. The van der Waals surface area contributed by atoms with Crippen molar-refractivity contribution in [2.75, 3.05) is 4.72 Å². The fraction of sp³-hybridized carbons (Fsp3) is 0.0909. The summed E-state index contributed by atoms with van der Waals surface area (Å²) in [7, 11) is -2.67. The second-order valence-corrected chi connectivity index (χ2v) is 5.73. The van der Waals surface area contributed by atoms with E-state index in [0.29, 0.717) is 12.1 Å². The van der Waals surface area contributed by atoms with Gasteiger partial charge in [0, 0.05) is 19.3 Å². The van der Waals surface area contributed by atoms with Crippen LogP contribution in [-0.4, -0.2) is 29.0 Å². The smallest absolute Gasteiger partial charge is 0.338 e. The second kappa shape index (κ2) is 5.13. The number of halogens is 2. The van der Waals surface area contributed by atoms with Gasteiger partial charge in [-0.25, -0.2) is 18.6 Å². The summed E-state index contributed by atoms with van der Waals surface area (Å²) < 4.78 is 53.9. The average Bonchev–Trinajstić information content (AvgIpc) is 2.79. The molecule has 1 aromatic heterocycles. The lowest BCUT2D eigenvalue weighted by molar-refractivity contribution is 0.0692.